The van der Waals surface area contributed by atoms with Gasteiger partial charge in [0.1, 0.15) is 5.69 Å². The standard InChI is InChI=1S/C26H28F3IN6O/c1-16-14-20(32-24(31-16)36-10-4-17(5-11-36)26(27,28)29)23-34-33-22(37-23)19-3-2-18(30)15-21(19)35-12-8-25(6-7-25)9-13-35/h2-3,14-15,17H,4-13H2,1H3. The summed E-state index contributed by atoms with van der Waals surface area (Å²) in [7, 11) is 0. The molecule has 2 saturated heterocycles. The van der Waals surface area contributed by atoms with Crippen molar-refractivity contribution < 1.29 is 17.6 Å². The van der Waals surface area contributed by atoms with Crippen molar-refractivity contribution >= 4 is 34.2 Å². The molecule has 2 aliphatic heterocycles. The van der Waals surface area contributed by atoms with E-state index in [-0.39, 0.29) is 31.8 Å². The predicted octanol–water partition coefficient (Wildman–Crippen LogP) is 6.27. The van der Waals surface area contributed by atoms with Crippen LogP contribution in [0, 0.1) is 21.8 Å². The topological polar surface area (TPSA) is 71.2 Å². The van der Waals surface area contributed by atoms with Crippen LogP contribution in [-0.4, -0.2) is 52.5 Å². The lowest BCUT2D eigenvalue weighted by Gasteiger charge is -2.34. The van der Waals surface area contributed by atoms with E-state index in [1.165, 1.54) is 25.7 Å². The molecule has 11 heteroatoms. The van der Waals surface area contributed by atoms with E-state index in [0.29, 0.717) is 28.6 Å². The van der Waals surface area contributed by atoms with Gasteiger partial charge in [-0.2, -0.15) is 13.2 Å². The molecule has 196 valence electrons. The van der Waals surface area contributed by atoms with Gasteiger partial charge in [0, 0.05) is 35.4 Å². The summed E-state index contributed by atoms with van der Waals surface area (Å²) in [5.41, 5.74) is 3.74. The molecular weight excluding hydrogens is 596 g/mol. The van der Waals surface area contributed by atoms with Gasteiger partial charge in [-0.05, 0) is 97.7 Å². The molecule has 3 aliphatic rings. The van der Waals surface area contributed by atoms with Crippen LogP contribution < -0.4 is 9.80 Å². The quantitative estimate of drug-likeness (QED) is 0.317. The molecule has 7 nitrogen and oxygen atoms in total. The highest BCUT2D eigenvalue weighted by Crippen LogP contribution is 2.54. The molecule has 1 spiro atoms. The van der Waals surface area contributed by atoms with Crippen LogP contribution in [0.5, 0.6) is 0 Å². The lowest BCUT2D eigenvalue weighted by Crippen LogP contribution is -2.39. The Morgan fingerprint density at radius 3 is 2.30 bits per heavy atom. The molecule has 0 N–H and O–H groups in total. The highest BCUT2D eigenvalue weighted by Gasteiger charge is 2.45. The number of hydrogen-bond acceptors (Lipinski definition) is 7. The van der Waals surface area contributed by atoms with Crippen molar-refractivity contribution in [2.24, 2.45) is 11.3 Å². The van der Waals surface area contributed by atoms with Gasteiger partial charge >= 0.3 is 6.18 Å². The van der Waals surface area contributed by atoms with E-state index in [2.05, 4.69) is 53.7 Å². The second-order valence-corrected chi connectivity index (χ2v) is 11.8. The number of aromatic nitrogens is 4. The predicted molar refractivity (Wildman–Crippen MR) is 142 cm³/mol. The summed E-state index contributed by atoms with van der Waals surface area (Å²) in [5, 5.41) is 8.63. The van der Waals surface area contributed by atoms with Gasteiger partial charge in [-0.1, -0.05) is 0 Å². The van der Waals surface area contributed by atoms with Crippen molar-refractivity contribution in [2.45, 2.75) is 51.6 Å². The summed E-state index contributed by atoms with van der Waals surface area (Å²) in [6.07, 6.45) is 1.06. The first-order valence-corrected chi connectivity index (χ1v) is 13.8. The summed E-state index contributed by atoms with van der Waals surface area (Å²) in [6, 6.07) is 7.99. The second kappa shape index (κ2) is 9.39. The highest BCUT2D eigenvalue weighted by atomic mass is 127. The Balaban J connectivity index is 1.24. The van der Waals surface area contributed by atoms with E-state index < -0.39 is 12.1 Å². The van der Waals surface area contributed by atoms with Crippen LogP contribution in [0.2, 0.25) is 0 Å². The molecule has 1 aromatic carbocycles. The molecule has 3 aromatic rings. The van der Waals surface area contributed by atoms with Crippen molar-refractivity contribution in [1.29, 1.82) is 0 Å². The third kappa shape index (κ3) is 5.15. The Morgan fingerprint density at radius 2 is 1.62 bits per heavy atom. The van der Waals surface area contributed by atoms with Gasteiger partial charge in [0.15, 0.2) is 0 Å². The Kier molecular flexibility index (Phi) is 6.31. The lowest BCUT2D eigenvalue weighted by molar-refractivity contribution is -0.179. The van der Waals surface area contributed by atoms with Crippen LogP contribution in [0.25, 0.3) is 23.0 Å². The third-order valence-electron chi connectivity index (χ3n) is 8.04. The third-order valence-corrected chi connectivity index (χ3v) is 8.71. The van der Waals surface area contributed by atoms with Gasteiger partial charge in [0.2, 0.25) is 11.8 Å². The van der Waals surface area contributed by atoms with Crippen LogP contribution in [0.3, 0.4) is 0 Å². The molecule has 6 rings (SSSR count). The minimum atomic E-state index is -4.16. The Labute approximate surface area is 227 Å². The second-order valence-electron chi connectivity index (χ2n) is 10.6. The number of piperidine rings is 2. The Bertz CT molecular complexity index is 1290. The zero-order valence-corrected chi connectivity index (χ0v) is 22.7. The molecule has 0 amide bonds. The average Bonchev–Trinajstić information content (AvgIpc) is 3.44. The minimum absolute atomic E-state index is 0.0358. The van der Waals surface area contributed by atoms with E-state index in [1.807, 2.05) is 19.1 Å². The van der Waals surface area contributed by atoms with Crippen LogP contribution in [0.15, 0.2) is 28.7 Å². The van der Waals surface area contributed by atoms with Crippen molar-refractivity contribution in [2.75, 3.05) is 36.0 Å². The first-order chi connectivity index (χ1) is 17.7. The fourth-order valence-corrected chi connectivity index (χ4v) is 5.97. The number of anilines is 2. The number of halogens is 4. The average molecular weight is 624 g/mol. The molecular formula is C26H28F3IN6O. The summed E-state index contributed by atoms with van der Waals surface area (Å²) in [4.78, 5) is 13.3. The summed E-state index contributed by atoms with van der Waals surface area (Å²) >= 11 is 2.33. The lowest BCUT2D eigenvalue weighted by atomic mass is 9.93. The van der Waals surface area contributed by atoms with Crippen molar-refractivity contribution in [3.8, 4) is 23.0 Å². The molecule has 0 radical (unpaired) electrons. The van der Waals surface area contributed by atoms with Crippen molar-refractivity contribution in [3.63, 3.8) is 0 Å². The van der Waals surface area contributed by atoms with E-state index >= 15 is 0 Å². The molecule has 0 unspecified atom stereocenters. The Morgan fingerprint density at radius 1 is 0.919 bits per heavy atom. The normalized spacial score (nSPS) is 20.0. The van der Waals surface area contributed by atoms with Gasteiger partial charge in [0.05, 0.1) is 17.2 Å². The van der Waals surface area contributed by atoms with Gasteiger partial charge in [0.25, 0.3) is 5.89 Å². The van der Waals surface area contributed by atoms with Gasteiger partial charge in [-0.15, -0.1) is 10.2 Å². The molecule has 1 aliphatic carbocycles. The zero-order valence-electron chi connectivity index (χ0n) is 20.6. The van der Waals surface area contributed by atoms with Crippen LogP contribution >= 0.6 is 22.6 Å². The number of hydrogen-bond donors (Lipinski definition) is 0. The number of nitrogens with zero attached hydrogens (tertiary/aromatic N) is 6. The maximum absolute atomic E-state index is 13.1. The van der Waals surface area contributed by atoms with E-state index in [0.717, 1.165) is 27.9 Å². The zero-order chi connectivity index (χ0) is 25.8. The van der Waals surface area contributed by atoms with E-state index in [9.17, 15) is 13.2 Å². The van der Waals surface area contributed by atoms with Crippen molar-refractivity contribution in [3.05, 3.63) is 33.5 Å². The maximum atomic E-state index is 13.1. The largest absolute Gasteiger partial charge is 0.415 e. The summed E-state index contributed by atoms with van der Waals surface area (Å²) in [5.74, 6) is -0.180. The monoisotopic (exact) mass is 624 g/mol. The van der Waals surface area contributed by atoms with Gasteiger partial charge in [-0.3, -0.25) is 0 Å². The molecule has 37 heavy (non-hydrogen) atoms. The maximum Gasteiger partial charge on any atom is 0.391 e. The number of aryl methyl sites for hydroxylation is 1. The SMILES string of the molecule is Cc1cc(-c2nnc(-c3ccc(I)cc3N3CCC4(CC3)CC4)o2)nc(N2CCC(C(F)(F)F)CC2)n1. The minimum Gasteiger partial charge on any atom is -0.415 e. The first kappa shape index (κ1) is 24.9. The number of alkyl halides is 3. The number of rotatable bonds is 4. The van der Waals surface area contributed by atoms with E-state index in [1.54, 1.807) is 11.0 Å². The first-order valence-electron chi connectivity index (χ1n) is 12.8. The summed E-state index contributed by atoms with van der Waals surface area (Å²) in [6.45, 7) is 4.38. The molecule has 0 atom stereocenters. The van der Waals surface area contributed by atoms with Crippen LogP contribution in [0.4, 0.5) is 24.8 Å². The van der Waals surface area contributed by atoms with Crippen LogP contribution in [0.1, 0.15) is 44.2 Å². The fraction of sp³-hybridized carbons (Fsp3) is 0.538. The summed E-state index contributed by atoms with van der Waals surface area (Å²) < 4.78 is 46.5. The van der Waals surface area contributed by atoms with Crippen LogP contribution in [-0.2, 0) is 0 Å². The fourth-order valence-electron chi connectivity index (χ4n) is 5.49. The van der Waals surface area contributed by atoms with Gasteiger partial charge in [-0.25, -0.2) is 9.97 Å². The Hall–Kier alpha value is -2.44. The van der Waals surface area contributed by atoms with E-state index in [4.69, 9.17) is 4.42 Å². The molecule has 4 heterocycles. The molecule has 2 aromatic heterocycles. The smallest absolute Gasteiger partial charge is 0.391 e. The van der Waals surface area contributed by atoms with Gasteiger partial charge < -0.3 is 14.2 Å². The molecule has 3 fully saturated rings. The molecule has 0 bridgehead atoms. The van der Waals surface area contributed by atoms with Crippen molar-refractivity contribution in [1.82, 2.24) is 20.2 Å². The molecule has 1 saturated carbocycles. The highest BCUT2D eigenvalue weighted by molar-refractivity contribution is 14.1. The number of benzene rings is 1.